The van der Waals surface area contributed by atoms with E-state index in [0.717, 1.165) is 32.4 Å². The Hall–Kier alpha value is -1.85. The summed E-state index contributed by atoms with van der Waals surface area (Å²) in [6.45, 7) is 5.52. The Bertz CT molecular complexity index is 558. The molecular weight excluding hydrogens is 304 g/mol. The van der Waals surface area contributed by atoms with Gasteiger partial charge in [0.1, 0.15) is 5.82 Å². The number of nitrogens with one attached hydrogen (secondary N) is 1. The van der Waals surface area contributed by atoms with E-state index in [1.807, 2.05) is 18.7 Å². The number of amides is 1. The highest BCUT2D eigenvalue weighted by atomic mass is 16.5. The summed E-state index contributed by atoms with van der Waals surface area (Å²) < 4.78 is 5.58. The second kappa shape index (κ2) is 7.81. The van der Waals surface area contributed by atoms with Gasteiger partial charge in [-0.25, -0.2) is 0 Å². The lowest BCUT2D eigenvalue weighted by atomic mass is 9.88. The normalized spacial score (nSPS) is 22.0. The third-order valence-electron chi connectivity index (χ3n) is 4.78. The van der Waals surface area contributed by atoms with Crippen LogP contribution in [0.5, 0.6) is 5.88 Å². The summed E-state index contributed by atoms with van der Waals surface area (Å²) in [4.78, 5) is 23.3. The van der Waals surface area contributed by atoms with Crippen molar-refractivity contribution in [3.8, 4) is 5.88 Å². The molecule has 1 amide bonds. The number of hydrogen-bond donors (Lipinski definition) is 1. The van der Waals surface area contributed by atoms with E-state index in [2.05, 4.69) is 15.3 Å². The topological polar surface area (TPSA) is 67.3 Å². The molecular formula is C18H28N4O2. The Balaban J connectivity index is 1.53. The van der Waals surface area contributed by atoms with Crippen LogP contribution in [0.25, 0.3) is 0 Å². The van der Waals surface area contributed by atoms with Crippen molar-refractivity contribution < 1.29 is 9.53 Å². The first kappa shape index (κ1) is 17.0. The monoisotopic (exact) mass is 332 g/mol. The summed E-state index contributed by atoms with van der Waals surface area (Å²) in [5.41, 5.74) is 0. The van der Waals surface area contributed by atoms with Gasteiger partial charge >= 0.3 is 0 Å². The molecule has 24 heavy (non-hydrogen) atoms. The van der Waals surface area contributed by atoms with E-state index in [-0.39, 0.29) is 18.1 Å². The fourth-order valence-electron chi connectivity index (χ4n) is 3.61. The molecule has 1 aromatic rings. The second-order valence-electron chi connectivity index (χ2n) is 7.16. The Kier molecular flexibility index (Phi) is 5.53. The van der Waals surface area contributed by atoms with Gasteiger partial charge in [-0.15, -0.1) is 0 Å². The van der Waals surface area contributed by atoms with E-state index >= 15 is 0 Å². The molecule has 2 fully saturated rings. The van der Waals surface area contributed by atoms with E-state index in [0.29, 0.717) is 17.6 Å². The molecule has 0 aromatic carbocycles. The predicted molar refractivity (Wildman–Crippen MR) is 93.0 cm³/mol. The summed E-state index contributed by atoms with van der Waals surface area (Å²) in [5.74, 6) is 1.84. The van der Waals surface area contributed by atoms with Crippen LogP contribution in [0.1, 0.15) is 52.4 Å². The van der Waals surface area contributed by atoms with Gasteiger partial charge < -0.3 is 15.0 Å². The maximum absolute atomic E-state index is 12.6. The van der Waals surface area contributed by atoms with Gasteiger partial charge in [-0.05, 0) is 33.1 Å². The summed E-state index contributed by atoms with van der Waals surface area (Å²) in [7, 11) is 0. The van der Waals surface area contributed by atoms with Crippen LogP contribution < -0.4 is 10.1 Å². The van der Waals surface area contributed by atoms with E-state index in [1.54, 1.807) is 12.4 Å². The van der Waals surface area contributed by atoms with Crippen LogP contribution in [0.2, 0.25) is 0 Å². The number of carbonyl (C=O) groups is 1. The number of aromatic nitrogens is 2. The van der Waals surface area contributed by atoms with Crippen molar-refractivity contribution >= 4 is 11.7 Å². The third-order valence-corrected chi connectivity index (χ3v) is 4.78. The molecule has 6 heteroatoms. The van der Waals surface area contributed by atoms with Crippen molar-refractivity contribution in [3.63, 3.8) is 0 Å². The van der Waals surface area contributed by atoms with Crippen LogP contribution in [0.4, 0.5) is 5.82 Å². The molecule has 1 aromatic heterocycles. The van der Waals surface area contributed by atoms with Gasteiger partial charge in [0.15, 0.2) is 0 Å². The van der Waals surface area contributed by atoms with E-state index in [4.69, 9.17) is 4.74 Å². The minimum absolute atomic E-state index is 0.0737. The lowest BCUT2D eigenvalue weighted by Gasteiger charge is -2.26. The number of carbonyl (C=O) groups excluding carboxylic acids is 1. The Labute approximate surface area is 144 Å². The van der Waals surface area contributed by atoms with Crippen molar-refractivity contribution in [3.05, 3.63) is 12.4 Å². The van der Waals surface area contributed by atoms with Gasteiger partial charge in [-0.3, -0.25) is 9.78 Å². The van der Waals surface area contributed by atoms with Crippen LogP contribution in [0, 0.1) is 5.92 Å². The molecule has 2 aliphatic rings. The smallest absolute Gasteiger partial charge is 0.234 e. The first-order valence-electron chi connectivity index (χ1n) is 9.16. The zero-order valence-corrected chi connectivity index (χ0v) is 14.7. The van der Waals surface area contributed by atoms with E-state index in [1.165, 1.54) is 19.3 Å². The van der Waals surface area contributed by atoms with Crippen LogP contribution in [0.3, 0.4) is 0 Å². The van der Waals surface area contributed by atoms with Crippen LogP contribution in [-0.2, 0) is 4.79 Å². The quantitative estimate of drug-likeness (QED) is 0.898. The van der Waals surface area contributed by atoms with Crippen molar-refractivity contribution in [2.24, 2.45) is 5.92 Å². The minimum Gasteiger partial charge on any atom is -0.474 e. The van der Waals surface area contributed by atoms with Crippen molar-refractivity contribution in [1.29, 1.82) is 0 Å². The fraction of sp³-hybridized carbons (Fsp3) is 0.722. The van der Waals surface area contributed by atoms with Gasteiger partial charge in [0.2, 0.25) is 11.8 Å². The maximum Gasteiger partial charge on any atom is 0.234 e. The summed E-state index contributed by atoms with van der Waals surface area (Å²) in [6.07, 6.45) is 10.2. The summed E-state index contributed by atoms with van der Waals surface area (Å²) in [6, 6.07) is 0.237. The van der Waals surface area contributed by atoms with Gasteiger partial charge in [0.05, 0.1) is 18.5 Å². The number of nitrogens with zero attached hydrogens (tertiary/aromatic N) is 3. The largest absolute Gasteiger partial charge is 0.474 e. The molecule has 0 spiro atoms. The molecule has 1 saturated carbocycles. The molecule has 3 rings (SSSR count). The zero-order chi connectivity index (χ0) is 16.9. The number of anilines is 1. The second-order valence-corrected chi connectivity index (χ2v) is 7.16. The summed E-state index contributed by atoms with van der Waals surface area (Å²) >= 11 is 0. The molecule has 6 nitrogen and oxygen atoms in total. The minimum atomic E-state index is 0.0737. The number of likely N-dealkylation sites (tertiary alicyclic amines) is 1. The first-order chi connectivity index (χ1) is 11.6. The standard InChI is InChI=1S/C18H28N4O2/c1-13(2)24-17-11-19-10-16(21-17)20-15-8-9-22(12-15)18(23)14-6-4-3-5-7-14/h10-11,13-15H,3-9,12H2,1-2H3,(H,20,21). The highest BCUT2D eigenvalue weighted by molar-refractivity contribution is 5.79. The van der Waals surface area contributed by atoms with Gasteiger partial charge in [0.25, 0.3) is 0 Å². The number of ether oxygens (including phenoxy) is 1. The average Bonchev–Trinajstić information content (AvgIpc) is 3.03. The molecule has 1 saturated heterocycles. The molecule has 1 aliphatic heterocycles. The van der Waals surface area contributed by atoms with Gasteiger partial charge in [-0.2, -0.15) is 4.98 Å². The first-order valence-corrected chi connectivity index (χ1v) is 9.16. The SMILES string of the molecule is CC(C)Oc1cncc(NC2CCN(C(=O)C3CCCCC3)C2)n1. The molecule has 1 N–H and O–H groups in total. The van der Waals surface area contributed by atoms with Crippen LogP contribution in [-0.4, -0.2) is 46.0 Å². The van der Waals surface area contributed by atoms with Gasteiger partial charge in [-0.1, -0.05) is 19.3 Å². The third kappa shape index (κ3) is 4.36. The van der Waals surface area contributed by atoms with Crippen molar-refractivity contribution in [2.45, 2.75) is 64.5 Å². The lowest BCUT2D eigenvalue weighted by Crippen LogP contribution is -2.36. The summed E-state index contributed by atoms with van der Waals surface area (Å²) in [5, 5.41) is 3.39. The van der Waals surface area contributed by atoms with Gasteiger partial charge in [0, 0.05) is 25.0 Å². The number of hydrogen-bond acceptors (Lipinski definition) is 5. The van der Waals surface area contributed by atoms with Crippen LogP contribution in [0.15, 0.2) is 12.4 Å². The van der Waals surface area contributed by atoms with Crippen LogP contribution >= 0.6 is 0 Å². The molecule has 0 radical (unpaired) electrons. The average molecular weight is 332 g/mol. The zero-order valence-electron chi connectivity index (χ0n) is 14.7. The Morgan fingerprint density at radius 3 is 2.79 bits per heavy atom. The molecule has 0 bridgehead atoms. The molecule has 1 unspecified atom stereocenters. The number of rotatable bonds is 5. The van der Waals surface area contributed by atoms with E-state index < -0.39 is 0 Å². The molecule has 2 heterocycles. The molecule has 1 atom stereocenters. The van der Waals surface area contributed by atoms with Crippen molar-refractivity contribution in [1.82, 2.24) is 14.9 Å². The molecule has 1 aliphatic carbocycles. The highest BCUT2D eigenvalue weighted by Crippen LogP contribution is 2.27. The Morgan fingerprint density at radius 1 is 1.25 bits per heavy atom. The van der Waals surface area contributed by atoms with Crippen molar-refractivity contribution in [2.75, 3.05) is 18.4 Å². The predicted octanol–water partition coefficient (Wildman–Crippen LogP) is 2.86. The van der Waals surface area contributed by atoms with E-state index in [9.17, 15) is 4.79 Å². The maximum atomic E-state index is 12.6. The molecule has 132 valence electrons. The highest BCUT2D eigenvalue weighted by Gasteiger charge is 2.31. The fourth-order valence-corrected chi connectivity index (χ4v) is 3.61. The lowest BCUT2D eigenvalue weighted by molar-refractivity contribution is -0.135. The Morgan fingerprint density at radius 2 is 2.04 bits per heavy atom.